The van der Waals surface area contributed by atoms with Gasteiger partial charge in [-0.05, 0) is 40.1 Å². The maximum atomic E-state index is 13.3. The van der Waals surface area contributed by atoms with Gasteiger partial charge in [0.25, 0.3) is 5.91 Å². The number of hydrogen-bond donors (Lipinski definition) is 2. The SMILES string of the molecule is NC(=O)CN1C(=O)c2ccccc2[C@@H]1c1c(-c2ccc3ccccc3c2)[nH]c2ccccc12. The molecule has 2 amide bonds. The van der Waals surface area contributed by atoms with E-state index in [2.05, 4.69) is 41.4 Å². The van der Waals surface area contributed by atoms with Crippen LogP contribution in [-0.2, 0) is 4.79 Å². The predicted octanol–water partition coefficient (Wildman–Crippen LogP) is 5.02. The van der Waals surface area contributed by atoms with Crippen molar-refractivity contribution < 1.29 is 9.59 Å². The lowest BCUT2D eigenvalue weighted by molar-refractivity contribution is -0.118. The smallest absolute Gasteiger partial charge is 0.255 e. The van der Waals surface area contributed by atoms with Gasteiger partial charge in [0.15, 0.2) is 0 Å². The summed E-state index contributed by atoms with van der Waals surface area (Å²) < 4.78 is 0. The van der Waals surface area contributed by atoms with Crippen molar-refractivity contribution in [1.29, 1.82) is 0 Å². The molecule has 6 rings (SSSR count). The Bertz CT molecular complexity index is 1570. The van der Waals surface area contributed by atoms with Crippen LogP contribution in [0.1, 0.15) is 27.5 Å². The number of primary amides is 1. The Morgan fingerprint density at radius 2 is 1.61 bits per heavy atom. The summed E-state index contributed by atoms with van der Waals surface area (Å²) in [6.07, 6.45) is 0. The molecule has 0 saturated carbocycles. The molecule has 0 fully saturated rings. The number of H-pyrrole nitrogens is 1. The summed E-state index contributed by atoms with van der Waals surface area (Å²) >= 11 is 0. The van der Waals surface area contributed by atoms with E-state index >= 15 is 0 Å². The van der Waals surface area contributed by atoms with Crippen LogP contribution in [0.2, 0.25) is 0 Å². The van der Waals surface area contributed by atoms with Crippen LogP contribution >= 0.6 is 0 Å². The van der Waals surface area contributed by atoms with Gasteiger partial charge < -0.3 is 15.6 Å². The van der Waals surface area contributed by atoms with Crippen molar-refractivity contribution >= 4 is 33.5 Å². The summed E-state index contributed by atoms with van der Waals surface area (Å²) in [4.78, 5) is 30.4. The maximum Gasteiger partial charge on any atom is 0.255 e. The van der Waals surface area contributed by atoms with Crippen LogP contribution in [0.3, 0.4) is 0 Å². The van der Waals surface area contributed by atoms with Gasteiger partial charge in [0, 0.05) is 22.0 Å². The number of carbonyl (C=O) groups excluding carboxylic acids is 2. The average Bonchev–Trinajstić information content (AvgIpc) is 3.34. The molecule has 0 saturated heterocycles. The standard InChI is InChI=1S/C28H21N3O2/c29-24(32)16-31-27(20-9-3-4-10-21(20)28(31)33)25-22-11-5-6-12-23(22)30-26(25)19-14-13-17-7-1-2-8-18(17)15-19/h1-15,27,30H,16H2,(H2,29,32)/t27-/m1/s1. The number of carbonyl (C=O) groups is 2. The third-order valence-corrected chi connectivity index (χ3v) is 6.44. The van der Waals surface area contributed by atoms with Gasteiger partial charge in [0.05, 0.1) is 11.7 Å². The second-order valence-corrected chi connectivity index (χ2v) is 8.41. The highest BCUT2D eigenvalue weighted by Gasteiger charge is 2.40. The summed E-state index contributed by atoms with van der Waals surface area (Å²) in [5.41, 5.74) is 11.0. The summed E-state index contributed by atoms with van der Waals surface area (Å²) in [5, 5.41) is 3.32. The van der Waals surface area contributed by atoms with Crippen molar-refractivity contribution in [3.05, 3.63) is 108 Å². The molecule has 0 radical (unpaired) electrons. The van der Waals surface area contributed by atoms with Crippen LogP contribution in [0.15, 0.2) is 91.0 Å². The van der Waals surface area contributed by atoms with Gasteiger partial charge in [0.2, 0.25) is 5.91 Å². The van der Waals surface area contributed by atoms with E-state index in [4.69, 9.17) is 5.73 Å². The highest BCUT2D eigenvalue weighted by Crippen LogP contribution is 2.45. The Hall–Kier alpha value is -4.38. The van der Waals surface area contributed by atoms with Gasteiger partial charge in [-0.1, -0.05) is 72.8 Å². The lowest BCUT2D eigenvalue weighted by atomic mass is 9.92. The summed E-state index contributed by atoms with van der Waals surface area (Å²) in [5.74, 6) is -0.711. The minimum absolute atomic E-state index is 0.144. The van der Waals surface area contributed by atoms with Crippen molar-refractivity contribution in [3.8, 4) is 11.3 Å². The monoisotopic (exact) mass is 431 g/mol. The topological polar surface area (TPSA) is 79.2 Å². The number of amides is 2. The van der Waals surface area contributed by atoms with Gasteiger partial charge in [-0.3, -0.25) is 9.59 Å². The molecule has 5 heteroatoms. The lowest BCUT2D eigenvalue weighted by Crippen LogP contribution is -2.37. The molecule has 0 unspecified atom stereocenters. The third-order valence-electron chi connectivity index (χ3n) is 6.44. The summed E-state index contributed by atoms with van der Waals surface area (Å²) in [6.45, 7) is -0.144. The molecule has 0 aliphatic carbocycles. The second-order valence-electron chi connectivity index (χ2n) is 8.41. The molecule has 5 aromatic rings. The largest absolute Gasteiger partial charge is 0.368 e. The van der Waals surface area contributed by atoms with Crippen LogP contribution < -0.4 is 5.73 Å². The van der Waals surface area contributed by atoms with Crippen molar-refractivity contribution in [2.45, 2.75) is 6.04 Å². The third kappa shape index (κ3) is 3.01. The first-order valence-corrected chi connectivity index (χ1v) is 10.9. The zero-order valence-electron chi connectivity index (χ0n) is 17.8. The Labute approximate surface area is 190 Å². The molecule has 5 nitrogen and oxygen atoms in total. The number of hydrogen-bond acceptors (Lipinski definition) is 2. The number of nitrogens with two attached hydrogens (primary N) is 1. The van der Waals surface area contributed by atoms with Gasteiger partial charge in [-0.25, -0.2) is 0 Å². The van der Waals surface area contributed by atoms with Gasteiger partial charge in [-0.15, -0.1) is 0 Å². The fourth-order valence-electron chi connectivity index (χ4n) is 5.03. The highest BCUT2D eigenvalue weighted by molar-refractivity contribution is 6.03. The van der Waals surface area contributed by atoms with E-state index in [0.717, 1.165) is 44.1 Å². The van der Waals surface area contributed by atoms with Crippen molar-refractivity contribution in [2.24, 2.45) is 5.73 Å². The Morgan fingerprint density at radius 3 is 2.45 bits per heavy atom. The van der Waals surface area contributed by atoms with E-state index in [1.165, 1.54) is 0 Å². The van der Waals surface area contributed by atoms with Crippen LogP contribution in [0.5, 0.6) is 0 Å². The number of aromatic nitrogens is 1. The number of benzene rings is 4. The van der Waals surface area contributed by atoms with E-state index in [1.54, 1.807) is 4.90 Å². The minimum atomic E-state index is -0.534. The van der Waals surface area contributed by atoms with Crippen molar-refractivity contribution in [3.63, 3.8) is 0 Å². The molecule has 1 aromatic heterocycles. The first-order valence-electron chi connectivity index (χ1n) is 10.9. The fraction of sp³-hybridized carbons (Fsp3) is 0.0714. The molecule has 2 heterocycles. The maximum absolute atomic E-state index is 13.3. The normalized spacial score (nSPS) is 15.3. The van der Waals surface area contributed by atoms with E-state index in [-0.39, 0.29) is 12.5 Å². The van der Waals surface area contributed by atoms with E-state index in [0.29, 0.717) is 5.56 Å². The number of para-hydroxylation sites is 1. The van der Waals surface area contributed by atoms with Crippen LogP contribution in [0, 0.1) is 0 Å². The molecule has 3 N–H and O–H groups in total. The molecule has 33 heavy (non-hydrogen) atoms. The average molecular weight is 431 g/mol. The number of fused-ring (bicyclic) bond motifs is 3. The predicted molar refractivity (Wildman–Crippen MR) is 130 cm³/mol. The Kier molecular flexibility index (Phi) is 4.30. The van der Waals surface area contributed by atoms with Gasteiger partial charge >= 0.3 is 0 Å². The molecule has 160 valence electrons. The number of aromatic amines is 1. The highest BCUT2D eigenvalue weighted by atomic mass is 16.2. The van der Waals surface area contributed by atoms with Crippen LogP contribution in [0.4, 0.5) is 0 Å². The molecular weight excluding hydrogens is 410 g/mol. The quantitative estimate of drug-likeness (QED) is 0.419. The molecule has 1 atom stereocenters. The van der Waals surface area contributed by atoms with Gasteiger partial charge in [0.1, 0.15) is 6.54 Å². The number of nitrogens with one attached hydrogen (secondary N) is 1. The first-order chi connectivity index (χ1) is 16.1. The molecule has 0 bridgehead atoms. The summed E-state index contributed by atoms with van der Waals surface area (Å²) in [7, 11) is 0. The van der Waals surface area contributed by atoms with Crippen molar-refractivity contribution in [2.75, 3.05) is 6.54 Å². The molecule has 1 aliphatic rings. The lowest BCUT2D eigenvalue weighted by Gasteiger charge is -2.25. The summed E-state index contributed by atoms with van der Waals surface area (Å²) in [6, 6.07) is 29.8. The second kappa shape index (κ2) is 7.35. The zero-order chi connectivity index (χ0) is 22.5. The number of rotatable bonds is 4. The minimum Gasteiger partial charge on any atom is -0.368 e. The zero-order valence-corrected chi connectivity index (χ0v) is 17.8. The molecular formula is C28H21N3O2. The number of nitrogens with zero attached hydrogens (tertiary/aromatic N) is 1. The van der Waals surface area contributed by atoms with E-state index in [9.17, 15) is 9.59 Å². The van der Waals surface area contributed by atoms with Crippen LogP contribution in [0.25, 0.3) is 32.9 Å². The van der Waals surface area contributed by atoms with E-state index in [1.807, 2.05) is 54.6 Å². The fourth-order valence-corrected chi connectivity index (χ4v) is 5.03. The molecule has 4 aromatic carbocycles. The molecule has 1 aliphatic heterocycles. The van der Waals surface area contributed by atoms with Gasteiger partial charge in [-0.2, -0.15) is 0 Å². The van der Waals surface area contributed by atoms with Crippen LogP contribution in [-0.4, -0.2) is 28.2 Å². The Morgan fingerprint density at radius 1 is 0.879 bits per heavy atom. The Balaban J connectivity index is 1.64. The van der Waals surface area contributed by atoms with Crippen molar-refractivity contribution in [1.82, 2.24) is 9.88 Å². The van der Waals surface area contributed by atoms with E-state index < -0.39 is 11.9 Å². The molecule has 0 spiro atoms. The first kappa shape index (κ1) is 19.3.